The molecular formula is C24H21N5O2. The Hall–Kier alpha value is -4.05. The van der Waals surface area contributed by atoms with Gasteiger partial charge in [0.1, 0.15) is 17.6 Å². The monoisotopic (exact) mass is 411 g/mol. The number of amides is 1. The number of aryl methyl sites for hydroxylation is 1. The Kier molecular flexibility index (Phi) is 4.48. The number of anilines is 1. The number of para-hydroxylation sites is 2. The fourth-order valence-electron chi connectivity index (χ4n) is 4.26. The first-order valence-corrected chi connectivity index (χ1v) is 10.2. The van der Waals surface area contributed by atoms with Gasteiger partial charge in [-0.05, 0) is 48.9 Å². The van der Waals surface area contributed by atoms with Gasteiger partial charge < -0.3 is 14.9 Å². The molecular weight excluding hydrogens is 390 g/mol. The van der Waals surface area contributed by atoms with Crippen molar-refractivity contribution in [3.8, 4) is 11.8 Å². The third kappa shape index (κ3) is 3.13. The van der Waals surface area contributed by atoms with Crippen LogP contribution in [0.1, 0.15) is 21.5 Å². The highest BCUT2D eigenvalue weighted by molar-refractivity contribution is 5.94. The highest BCUT2D eigenvalue weighted by atomic mass is 16.3. The number of imidazole rings is 1. The maximum absolute atomic E-state index is 12.8. The topological polar surface area (TPSA) is 84.9 Å². The zero-order valence-corrected chi connectivity index (χ0v) is 17.1. The molecule has 0 radical (unpaired) electrons. The number of carbonyl (C=O) groups is 1. The average molecular weight is 411 g/mol. The number of hydrogen-bond acceptors (Lipinski definition) is 5. The molecule has 0 unspecified atom stereocenters. The van der Waals surface area contributed by atoms with Gasteiger partial charge in [0.15, 0.2) is 5.65 Å². The van der Waals surface area contributed by atoms with Crippen molar-refractivity contribution in [3.63, 3.8) is 0 Å². The second-order valence-corrected chi connectivity index (χ2v) is 7.76. The van der Waals surface area contributed by atoms with Crippen molar-refractivity contribution in [3.05, 3.63) is 71.3 Å². The Morgan fingerprint density at radius 2 is 1.84 bits per heavy atom. The number of phenolic OH excluding ortho intramolecular Hbond substituents is 1. The molecule has 1 saturated heterocycles. The molecule has 4 aromatic rings. The van der Waals surface area contributed by atoms with Crippen molar-refractivity contribution in [1.82, 2.24) is 14.3 Å². The van der Waals surface area contributed by atoms with Crippen molar-refractivity contribution in [2.75, 3.05) is 31.1 Å². The van der Waals surface area contributed by atoms with Crippen LogP contribution in [0.5, 0.6) is 5.75 Å². The number of aromatic hydroxyl groups is 1. The second kappa shape index (κ2) is 7.33. The van der Waals surface area contributed by atoms with Crippen LogP contribution in [0.2, 0.25) is 0 Å². The van der Waals surface area contributed by atoms with Crippen LogP contribution in [-0.2, 0) is 0 Å². The number of piperazine rings is 1. The van der Waals surface area contributed by atoms with Gasteiger partial charge in [-0.3, -0.25) is 9.20 Å². The van der Waals surface area contributed by atoms with E-state index in [-0.39, 0.29) is 11.7 Å². The lowest BCUT2D eigenvalue weighted by Crippen LogP contribution is -2.49. The molecule has 0 aliphatic carbocycles. The number of aromatic nitrogens is 2. The molecule has 7 nitrogen and oxygen atoms in total. The molecule has 2 aromatic carbocycles. The molecule has 1 fully saturated rings. The number of hydrogen-bond donors (Lipinski definition) is 1. The summed E-state index contributed by atoms with van der Waals surface area (Å²) in [6, 6.07) is 18.7. The number of nitriles is 1. The number of fused-ring (bicyclic) bond motifs is 3. The number of nitrogens with zero attached hydrogens (tertiary/aromatic N) is 5. The van der Waals surface area contributed by atoms with Crippen molar-refractivity contribution in [1.29, 1.82) is 5.26 Å². The summed E-state index contributed by atoms with van der Waals surface area (Å²) in [6.45, 7) is 4.40. The van der Waals surface area contributed by atoms with E-state index in [1.54, 1.807) is 18.2 Å². The van der Waals surface area contributed by atoms with E-state index >= 15 is 0 Å². The smallest absolute Gasteiger partial charge is 0.254 e. The Morgan fingerprint density at radius 1 is 1.06 bits per heavy atom. The quantitative estimate of drug-likeness (QED) is 0.547. The van der Waals surface area contributed by atoms with E-state index in [4.69, 9.17) is 4.98 Å². The van der Waals surface area contributed by atoms with Gasteiger partial charge >= 0.3 is 0 Å². The molecule has 31 heavy (non-hydrogen) atoms. The Morgan fingerprint density at radius 3 is 2.58 bits per heavy atom. The molecule has 1 aliphatic rings. The first-order chi connectivity index (χ1) is 15.1. The first-order valence-electron chi connectivity index (χ1n) is 10.2. The lowest BCUT2D eigenvalue weighted by Gasteiger charge is -2.36. The largest absolute Gasteiger partial charge is 0.508 e. The second-order valence-electron chi connectivity index (χ2n) is 7.76. The highest BCUT2D eigenvalue weighted by Gasteiger charge is 2.25. The van der Waals surface area contributed by atoms with Gasteiger partial charge in [-0.1, -0.05) is 18.2 Å². The van der Waals surface area contributed by atoms with E-state index in [0.717, 1.165) is 22.4 Å². The Labute approximate surface area is 179 Å². The first kappa shape index (κ1) is 18.9. The van der Waals surface area contributed by atoms with E-state index in [0.29, 0.717) is 43.0 Å². The SMILES string of the molecule is Cc1cc(N2CCN(C(=O)c3cccc(O)c3)CC2)n2c(nc3ccccc32)c1C#N. The van der Waals surface area contributed by atoms with Crippen molar-refractivity contribution >= 4 is 28.4 Å². The Balaban J connectivity index is 1.49. The average Bonchev–Trinajstić information content (AvgIpc) is 3.17. The highest BCUT2D eigenvalue weighted by Crippen LogP contribution is 2.29. The van der Waals surface area contributed by atoms with Crippen LogP contribution in [0.15, 0.2) is 54.6 Å². The van der Waals surface area contributed by atoms with E-state index < -0.39 is 0 Å². The van der Waals surface area contributed by atoms with Crippen LogP contribution < -0.4 is 4.90 Å². The molecule has 2 aromatic heterocycles. The van der Waals surface area contributed by atoms with Gasteiger partial charge in [0.2, 0.25) is 0 Å². The van der Waals surface area contributed by atoms with Crippen molar-refractivity contribution in [2.24, 2.45) is 0 Å². The number of phenols is 1. The molecule has 1 aliphatic heterocycles. The van der Waals surface area contributed by atoms with Crippen LogP contribution >= 0.6 is 0 Å². The summed E-state index contributed by atoms with van der Waals surface area (Å²) in [5, 5.41) is 19.4. The van der Waals surface area contributed by atoms with Crippen LogP contribution in [0.3, 0.4) is 0 Å². The molecule has 0 atom stereocenters. The number of rotatable bonds is 2. The lowest BCUT2D eigenvalue weighted by atomic mass is 10.1. The number of pyridine rings is 1. The third-order valence-electron chi connectivity index (χ3n) is 5.85. The van der Waals surface area contributed by atoms with Gasteiger partial charge in [0.05, 0.1) is 16.6 Å². The molecule has 7 heteroatoms. The maximum atomic E-state index is 12.8. The minimum Gasteiger partial charge on any atom is -0.508 e. The molecule has 3 heterocycles. The molecule has 0 spiro atoms. The van der Waals surface area contributed by atoms with E-state index in [1.165, 1.54) is 6.07 Å². The summed E-state index contributed by atoms with van der Waals surface area (Å²) in [7, 11) is 0. The fourth-order valence-corrected chi connectivity index (χ4v) is 4.26. The van der Waals surface area contributed by atoms with Crippen molar-refractivity contribution in [2.45, 2.75) is 6.92 Å². The fraction of sp³-hybridized carbons (Fsp3) is 0.208. The molecule has 1 amide bonds. The summed E-state index contributed by atoms with van der Waals surface area (Å²) in [5.74, 6) is 0.987. The zero-order valence-electron chi connectivity index (χ0n) is 17.1. The molecule has 1 N–H and O–H groups in total. The normalized spacial score (nSPS) is 14.2. The lowest BCUT2D eigenvalue weighted by molar-refractivity contribution is 0.0746. The van der Waals surface area contributed by atoms with Gasteiger partial charge in [-0.25, -0.2) is 4.98 Å². The van der Waals surface area contributed by atoms with E-state index in [9.17, 15) is 15.2 Å². The maximum Gasteiger partial charge on any atom is 0.254 e. The van der Waals surface area contributed by atoms with Crippen molar-refractivity contribution < 1.29 is 9.90 Å². The molecule has 154 valence electrons. The summed E-state index contributed by atoms with van der Waals surface area (Å²) in [4.78, 5) is 21.6. The minimum atomic E-state index is -0.0789. The van der Waals surface area contributed by atoms with E-state index in [2.05, 4.69) is 11.0 Å². The molecule has 0 saturated carbocycles. The van der Waals surface area contributed by atoms with E-state index in [1.807, 2.05) is 46.6 Å². The van der Waals surface area contributed by atoms with Gasteiger partial charge in [0, 0.05) is 31.7 Å². The van der Waals surface area contributed by atoms with Gasteiger partial charge in [0.25, 0.3) is 5.91 Å². The van der Waals surface area contributed by atoms with Gasteiger partial charge in [-0.15, -0.1) is 0 Å². The summed E-state index contributed by atoms with van der Waals surface area (Å²) in [6.07, 6.45) is 0. The standard InChI is InChI=1S/C24H21N5O2/c1-16-13-22(29-21-8-3-2-7-20(21)26-23(29)19(16)15-25)27-9-11-28(12-10-27)24(31)17-5-4-6-18(30)14-17/h2-8,13-14,30H,9-12H2,1H3. The van der Waals surface area contributed by atoms with Crippen LogP contribution in [0, 0.1) is 18.3 Å². The Bertz CT molecular complexity index is 1360. The number of carbonyl (C=O) groups excluding carboxylic acids is 1. The zero-order chi connectivity index (χ0) is 21.5. The van der Waals surface area contributed by atoms with Gasteiger partial charge in [-0.2, -0.15) is 5.26 Å². The molecule has 5 rings (SSSR count). The van der Waals surface area contributed by atoms with Crippen LogP contribution in [-0.4, -0.2) is 51.5 Å². The third-order valence-corrected chi connectivity index (χ3v) is 5.85. The minimum absolute atomic E-state index is 0.0789. The predicted molar refractivity (Wildman–Crippen MR) is 118 cm³/mol. The number of benzene rings is 2. The molecule has 0 bridgehead atoms. The van der Waals surface area contributed by atoms with Crippen LogP contribution in [0.25, 0.3) is 16.7 Å². The summed E-state index contributed by atoms with van der Waals surface area (Å²) in [5.41, 5.74) is 4.43. The van der Waals surface area contributed by atoms with Crippen LogP contribution in [0.4, 0.5) is 5.82 Å². The summed E-state index contributed by atoms with van der Waals surface area (Å²) < 4.78 is 2.05. The summed E-state index contributed by atoms with van der Waals surface area (Å²) >= 11 is 0. The predicted octanol–water partition coefficient (Wildman–Crippen LogP) is 3.34.